The Balaban J connectivity index is 0.00000625. The third kappa shape index (κ3) is 10.7. The first-order chi connectivity index (χ1) is 11.9. The second-order valence-electron chi connectivity index (χ2n) is 5.48. The number of hydrogen-bond acceptors (Lipinski definition) is 5. The van der Waals surface area contributed by atoms with E-state index >= 15 is 0 Å². The number of nitrogens with one attached hydrogen (secondary N) is 3. The standard InChI is InChI=1S/C16H28N4O4S.HI/c1-13(24-15-9-6-5-8-14(15)23-3)12-19-16(17-2)18-10-7-11-20-25(4,21)22;/h5-6,8-9,13,20H,7,10-12H2,1-4H3,(H2,17,18,19);1H. The Labute approximate surface area is 173 Å². The molecule has 0 saturated heterocycles. The van der Waals surface area contributed by atoms with Crippen LogP contribution in [0.2, 0.25) is 0 Å². The van der Waals surface area contributed by atoms with Crippen LogP contribution < -0.4 is 24.8 Å². The van der Waals surface area contributed by atoms with E-state index in [0.29, 0.717) is 43.5 Å². The molecule has 0 aliphatic carbocycles. The van der Waals surface area contributed by atoms with Crippen molar-refractivity contribution >= 4 is 40.0 Å². The summed E-state index contributed by atoms with van der Waals surface area (Å²) in [5.74, 6) is 2.01. The lowest BCUT2D eigenvalue weighted by molar-refractivity contribution is 0.213. The smallest absolute Gasteiger partial charge is 0.208 e. The van der Waals surface area contributed by atoms with Gasteiger partial charge in [0.2, 0.25) is 10.0 Å². The average Bonchev–Trinajstić information content (AvgIpc) is 2.56. The van der Waals surface area contributed by atoms with Crippen LogP contribution >= 0.6 is 24.0 Å². The Morgan fingerprint density at radius 3 is 2.42 bits per heavy atom. The molecule has 150 valence electrons. The van der Waals surface area contributed by atoms with Gasteiger partial charge in [-0.1, -0.05) is 12.1 Å². The van der Waals surface area contributed by atoms with Gasteiger partial charge < -0.3 is 20.1 Å². The molecule has 10 heteroatoms. The highest BCUT2D eigenvalue weighted by atomic mass is 127. The Kier molecular flexibility index (Phi) is 12.3. The first-order valence-corrected chi connectivity index (χ1v) is 9.93. The molecule has 0 heterocycles. The maximum absolute atomic E-state index is 11.0. The van der Waals surface area contributed by atoms with Gasteiger partial charge in [-0.3, -0.25) is 4.99 Å². The van der Waals surface area contributed by atoms with E-state index in [0.717, 1.165) is 6.26 Å². The van der Waals surface area contributed by atoms with Crippen LogP contribution in [0.3, 0.4) is 0 Å². The van der Waals surface area contributed by atoms with E-state index in [9.17, 15) is 8.42 Å². The van der Waals surface area contributed by atoms with Crippen LogP contribution in [0, 0.1) is 0 Å². The second-order valence-corrected chi connectivity index (χ2v) is 7.31. The molecule has 1 rings (SSSR count). The van der Waals surface area contributed by atoms with Crippen molar-refractivity contribution in [1.29, 1.82) is 0 Å². The summed E-state index contributed by atoms with van der Waals surface area (Å²) in [7, 11) is 0.145. The van der Waals surface area contributed by atoms with Gasteiger partial charge in [0, 0.05) is 20.1 Å². The lowest BCUT2D eigenvalue weighted by Crippen LogP contribution is -2.42. The third-order valence-corrected chi connectivity index (χ3v) is 3.92. The fourth-order valence-electron chi connectivity index (χ4n) is 1.99. The number of methoxy groups -OCH3 is 1. The molecule has 26 heavy (non-hydrogen) atoms. The van der Waals surface area contributed by atoms with E-state index in [-0.39, 0.29) is 30.1 Å². The zero-order valence-corrected chi connectivity index (χ0v) is 18.8. The Hall–Kier alpha value is -1.27. The van der Waals surface area contributed by atoms with Crippen molar-refractivity contribution in [2.75, 3.05) is 40.0 Å². The van der Waals surface area contributed by atoms with Crippen molar-refractivity contribution < 1.29 is 17.9 Å². The molecule has 0 aliphatic rings. The first-order valence-electron chi connectivity index (χ1n) is 8.04. The van der Waals surface area contributed by atoms with Crippen molar-refractivity contribution in [1.82, 2.24) is 15.4 Å². The molecule has 1 aromatic carbocycles. The van der Waals surface area contributed by atoms with Crippen LogP contribution in [0.1, 0.15) is 13.3 Å². The predicted molar refractivity (Wildman–Crippen MR) is 115 cm³/mol. The first kappa shape index (κ1) is 24.7. The number of aliphatic imine (C=N–C) groups is 1. The molecule has 1 atom stereocenters. The minimum atomic E-state index is -3.14. The molecule has 0 aromatic heterocycles. The maximum atomic E-state index is 11.0. The van der Waals surface area contributed by atoms with Crippen LogP contribution in [0.5, 0.6) is 11.5 Å². The van der Waals surface area contributed by atoms with Gasteiger partial charge in [0.25, 0.3) is 0 Å². The predicted octanol–water partition coefficient (Wildman–Crippen LogP) is 1.18. The zero-order valence-electron chi connectivity index (χ0n) is 15.6. The highest BCUT2D eigenvalue weighted by Crippen LogP contribution is 2.26. The number of nitrogens with zero attached hydrogens (tertiary/aromatic N) is 1. The number of para-hydroxylation sites is 2. The van der Waals surface area contributed by atoms with Crippen LogP contribution in [-0.4, -0.2) is 60.5 Å². The fourth-order valence-corrected chi connectivity index (χ4v) is 2.50. The number of guanidine groups is 1. The summed E-state index contributed by atoms with van der Waals surface area (Å²) in [4.78, 5) is 4.12. The van der Waals surface area contributed by atoms with Crippen molar-refractivity contribution in [3.05, 3.63) is 24.3 Å². The molecule has 3 N–H and O–H groups in total. The lowest BCUT2D eigenvalue weighted by atomic mass is 10.3. The molecule has 0 bridgehead atoms. The van der Waals surface area contributed by atoms with Crippen LogP contribution in [0.15, 0.2) is 29.3 Å². The molecular weight excluding hydrogens is 471 g/mol. The molecule has 1 aromatic rings. The highest BCUT2D eigenvalue weighted by Gasteiger charge is 2.09. The van der Waals surface area contributed by atoms with E-state index in [2.05, 4.69) is 20.3 Å². The molecule has 1 unspecified atom stereocenters. The summed E-state index contributed by atoms with van der Waals surface area (Å²) in [6.07, 6.45) is 1.70. The topological polar surface area (TPSA) is 101 Å². The molecule has 0 amide bonds. The molecule has 0 aliphatic heterocycles. The van der Waals surface area contributed by atoms with E-state index in [1.54, 1.807) is 14.2 Å². The molecule has 0 radical (unpaired) electrons. The van der Waals surface area contributed by atoms with Gasteiger partial charge >= 0.3 is 0 Å². The van der Waals surface area contributed by atoms with Crippen molar-refractivity contribution in [2.24, 2.45) is 4.99 Å². The molecule has 0 saturated carbocycles. The minimum absolute atomic E-state index is 0. The van der Waals surface area contributed by atoms with Gasteiger partial charge in [0.05, 0.1) is 19.9 Å². The van der Waals surface area contributed by atoms with Crippen LogP contribution in [-0.2, 0) is 10.0 Å². The summed E-state index contributed by atoms with van der Waals surface area (Å²) >= 11 is 0. The van der Waals surface area contributed by atoms with E-state index < -0.39 is 10.0 Å². The summed E-state index contributed by atoms with van der Waals surface area (Å²) in [5, 5.41) is 6.29. The molecule has 0 spiro atoms. The van der Waals surface area contributed by atoms with Crippen LogP contribution in [0.4, 0.5) is 0 Å². The van der Waals surface area contributed by atoms with Crippen molar-refractivity contribution in [2.45, 2.75) is 19.4 Å². The SMILES string of the molecule is CN=C(NCCCNS(C)(=O)=O)NCC(C)Oc1ccccc1OC.I. The second kappa shape index (κ2) is 13.0. The average molecular weight is 500 g/mol. The molecular formula is C16H29IN4O4S. The monoisotopic (exact) mass is 500 g/mol. The Bertz CT molecular complexity index is 655. The Morgan fingerprint density at radius 1 is 1.19 bits per heavy atom. The van der Waals surface area contributed by atoms with E-state index in [4.69, 9.17) is 9.47 Å². The van der Waals surface area contributed by atoms with Gasteiger partial charge in [-0.2, -0.15) is 0 Å². The number of hydrogen-bond donors (Lipinski definition) is 3. The minimum Gasteiger partial charge on any atom is -0.493 e. The summed E-state index contributed by atoms with van der Waals surface area (Å²) in [6, 6.07) is 7.49. The number of sulfonamides is 1. The number of ether oxygens (including phenoxy) is 2. The van der Waals surface area contributed by atoms with Gasteiger partial charge in [-0.05, 0) is 25.5 Å². The number of benzene rings is 1. The van der Waals surface area contributed by atoms with Crippen molar-refractivity contribution in [3.63, 3.8) is 0 Å². The van der Waals surface area contributed by atoms with Gasteiger partial charge in [-0.25, -0.2) is 13.1 Å². The quantitative estimate of drug-likeness (QED) is 0.193. The van der Waals surface area contributed by atoms with Crippen molar-refractivity contribution in [3.8, 4) is 11.5 Å². The largest absolute Gasteiger partial charge is 0.493 e. The lowest BCUT2D eigenvalue weighted by Gasteiger charge is -2.19. The highest BCUT2D eigenvalue weighted by molar-refractivity contribution is 14.0. The number of rotatable bonds is 10. The van der Waals surface area contributed by atoms with Gasteiger partial charge in [0.15, 0.2) is 17.5 Å². The summed E-state index contributed by atoms with van der Waals surface area (Å²) in [5.41, 5.74) is 0. The normalized spacial score (nSPS) is 12.7. The van der Waals surface area contributed by atoms with Crippen LogP contribution in [0.25, 0.3) is 0 Å². The fraction of sp³-hybridized carbons (Fsp3) is 0.562. The zero-order chi connectivity index (χ0) is 18.7. The van der Waals surface area contributed by atoms with Gasteiger partial charge in [-0.15, -0.1) is 24.0 Å². The summed E-state index contributed by atoms with van der Waals surface area (Å²) in [6.45, 7) is 3.49. The summed E-state index contributed by atoms with van der Waals surface area (Å²) < 4.78 is 35.5. The van der Waals surface area contributed by atoms with Gasteiger partial charge in [0.1, 0.15) is 6.10 Å². The molecule has 0 fully saturated rings. The number of halogens is 1. The maximum Gasteiger partial charge on any atom is 0.208 e. The van der Waals surface area contributed by atoms with E-state index in [1.165, 1.54) is 0 Å². The van der Waals surface area contributed by atoms with E-state index in [1.807, 2.05) is 31.2 Å². The third-order valence-electron chi connectivity index (χ3n) is 3.19. The Morgan fingerprint density at radius 2 is 1.85 bits per heavy atom. The molecule has 8 nitrogen and oxygen atoms in total.